The first-order chi connectivity index (χ1) is 12.7. The summed E-state index contributed by atoms with van der Waals surface area (Å²) in [6.07, 6.45) is 0. The second kappa shape index (κ2) is 6.59. The Morgan fingerprint density at radius 1 is 1.07 bits per heavy atom. The average molecular weight is 389 g/mol. The van der Waals surface area contributed by atoms with E-state index in [2.05, 4.69) is 15.2 Å². The molecule has 0 unspecified atom stereocenters. The van der Waals surface area contributed by atoms with Crippen molar-refractivity contribution in [3.05, 3.63) is 23.0 Å². The first kappa shape index (κ1) is 18.9. The highest BCUT2D eigenvalue weighted by Gasteiger charge is 2.52. The van der Waals surface area contributed by atoms with Gasteiger partial charge in [0, 0.05) is 42.1 Å². The maximum atomic E-state index is 6.67. The van der Waals surface area contributed by atoms with Gasteiger partial charge in [0.1, 0.15) is 11.6 Å². The fourth-order valence-electron chi connectivity index (χ4n) is 3.53. The summed E-state index contributed by atoms with van der Waals surface area (Å²) in [6.45, 7) is 13.8. The van der Waals surface area contributed by atoms with Crippen LogP contribution in [0.25, 0.3) is 10.9 Å². The second-order valence-electron chi connectivity index (χ2n) is 8.31. The molecule has 2 fully saturated rings. The van der Waals surface area contributed by atoms with E-state index in [1.54, 1.807) is 0 Å². The minimum atomic E-state index is -0.509. The fourth-order valence-corrected chi connectivity index (χ4v) is 3.78. The van der Waals surface area contributed by atoms with Gasteiger partial charge in [0.15, 0.2) is 0 Å². The minimum Gasteiger partial charge on any atom is -0.399 e. The Balaban J connectivity index is 1.78. The third-order valence-electron chi connectivity index (χ3n) is 5.83. The van der Waals surface area contributed by atoms with Crippen molar-refractivity contribution in [2.24, 2.45) is 0 Å². The largest absolute Gasteiger partial charge is 0.496 e. The van der Waals surface area contributed by atoms with E-state index < -0.39 is 18.3 Å². The number of nitrogens with zero attached hydrogens (tertiary/aromatic N) is 3. The van der Waals surface area contributed by atoms with Crippen molar-refractivity contribution in [2.75, 3.05) is 31.1 Å². The lowest BCUT2D eigenvalue weighted by Crippen LogP contribution is -2.44. The van der Waals surface area contributed by atoms with Crippen LogP contribution in [-0.4, -0.2) is 54.5 Å². The van der Waals surface area contributed by atoms with Crippen LogP contribution in [-0.2, 0) is 9.31 Å². The molecule has 0 saturated carbocycles. The van der Waals surface area contributed by atoms with Crippen LogP contribution in [0.2, 0.25) is 5.02 Å². The highest BCUT2D eigenvalue weighted by Crippen LogP contribution is 2.37. The molecule has 1 N–H and O–H groups in total. The Labute approximate surface area is 165 Å². The summed E-state index contributed by atoms with van der Waals surface area (Å²) in [6, 6.07) is 3.94. The fraction of sp³-hybridized carbons (Fsp3) is 0.579. The van der Waals surface area contributed by atoms with Crippen molar-refractivity contribution in [2.45, 2.75) is 45.8 Å². The molecule has 4 rings (SSSR count). The summed E-state index contributed by atoms with van der Waals surface area (Å²) in [5.74, 6) is 1.69. The van der Waals surface area contributed by atoms with Gasteiger partial charge in [-0.1, -0.05) is 11.6 Å². The molecule has 0 aliphatic carbocycles. The van der Waals surface area contributed by atoms with Gasteiger partial charge in [-0.2, -0.15) is 0 Å². The molecular weight excluding hydrogens is 363 g/mol. The smallest absolute Gasteiger partial charge is 0.399 e. The zero-order valence-corrected chi connectivity index (χ0v) is 17.4. The molecule has 0 spiro atoms. The number of aromatic nitrogens is 2. The van der Waals surface area contributed by atoms with E-state index in [4.69, 9.17) is 25.9 Å². The number of aryl methyl sites for hydroxylation is 1. The van der Waals surface area contributed by atoms with E-state index in [-0.39, 0.29) is 0 Å². The van der Waals surface area contributed by atoms with Gasteiger partial charge in [-0.05, 0) is 46.8 Å². The van der Waals surface area contributed by atoms with Crippen molar-refractivity contribution in [3.8, 4) is 0 Å². The van der Waals surface area contributed by atoms with Crippen LogP contribution >= 0.6 is 11.6 Å². The monoisotopic (exact) mass is 388 g/mol. The predicted octanol–water partition coefficient (Wildman–Crippen LogP) is 2.30. The predicted molar refractivity (Wildman–Crippen MR) is 110 cm³/mol. The number of hydrogen-bond acceptors (Lipinski definition) is 6. The zero-order valence-electron chi connectivity index (χ0n) is 16.6. The van der Waals surface area contributed by atoms with Gasteiger partial charge in [-0.25, -0.2) is 9.97 Å². The summed E-state index contributed by atoms with van der Waals surface area (Å²) in [5.41, 5.74) is 0.852. The third kappa shape index (κ3) is 3.31. The van der Waals surface area contributed by atoms with Crippen molar-refractivity contribution in [1.82, 2.24) is 15.3 Å². The zero-order chi connectivity index (χ0) is 19.4. The number of anilines is 1. The van der Waals surface area contributed by atoms with Crippen LogP contribution in [0.4, 0.5) is 5.82 Å². The second-order valence-corrected chi connectivity index (χ2v) is 8.72. The molecule has 2 aliphatic heterocycles. The Kier molecular flexibility index (Phi) is 4.62. The van der Waals surface area contributed by atoms with Crippen LogP contribution in [0.5, 0.6) is 0 Å². The van der Waals surface area contributed by atoms with Gasteiger partial charge in [0.25, 0.3) is 0 Å². The molecule has 144 valence electrons. The standard InChI is InChI=1S/C19H26BClN4O2/c1-12-23-16-11-14(20-26-18(2,3)19(4,5)27-20)15(21)10-13(16)17(24-12)25-8-6-22-7-9-25/h10-11,22H,6-9H2,1-5H3. The van der Waals surface area contributed by atoms with Crippen LogP contribution in [0.3, 0.4) is 0 Å². The summed E-state index contributed by atoms with van der Waals surface area (Å²) in [7, 11) is -0.509. The van der Waals surface area contributed by atoms with Crippen molar-refractivity contribution >= 4 is 40.9 Å². The van der Waals surface area contributed by atoms with Gasteiger partial charge >= 0.3 is 7.12 Å². The molecule has 0 atom stereocenters. The molecule has 8 heteroatoms. The Bertz CT molecular complexity index is 868. The van der Waals surface area contributed by atoms with E-state index in [0.29, 0.717) is 5.02 Å². The number of rotatable bonds is 2. The van der Waals surface area contributed by atoms with Crippen molar-refractivity contribution in [3.63, 3.8) is 0 Å². The topological polar surface area (TPSA) is 59.5 Å². The van der Waals surface area contributed by atoms with Crippen molar-refractivity contribution in [1.29, 1.82) is 0 Å². The van der Waals surface area contributed by atoms with Crippen LogP contribution in [0.1, 0.15) is 33.5 Å². The molecular formula is C19H26BClN4O2. The average Bonchev–Trinajstić information content (AvgIpc) is 2.82. The SMILES string of the molecule is Cc1nc(N2CCNCC2)c2cc(Cl)c(B3OC(C)(C)C(C)(C)O3)cc2n1. The van der Waals surface area contributed by atoms with Gasteiger partial charge in [-0.15, -0.1) is 0 Å². The molecule has 1 aromatic carbocycles. The number of hydrogen-bond donors (Lipinski definition) is 1. The number of halogens is 1. The van der Waals surface area contributed by atoms with E-state index in [9.17, 15) is 0 Å². The molecule has 6 nitrogen and oxygen atoms in total. The maximum absolute atomic E-state index is 6.67. The van der Waals surface area contributed by atoms with Crippen molar-refractivity contribution < 1.29 is 9.31 Å². The first-order valence-corrected chi connectivity index (χ1v) is 9.85. The van der Waals surface area contributed by atoms with Crippen LogP contribution in [0.15, 0.2) is 12.1 Å². The molecule has 3 heterocycles. The van der Waals surface area contributed by atoms with Crippen LogP contribution in [0, 0.1) is 6.92 Å². The van der Waals surface area contributed by atoms with E-state index in [1.165, 1.54) is 0 Å². The Morgan fingerprint density at radius 2 is 1.70 bits per heavy atom. The Hall–Kier alpha value is -1.41. The molecule has 2 aliphatic rings. The lowest BCUT2D eigenvalue weighted by Gasteiger charge is -2.32. The third-order valence-corrected chi connectivity index (χ3v) is 6.16. The molecule has 1 aromatic heterocycles. The van der Waals surface area contributed by atoms with E-state index >= 15 is 0 Å². The van der Waals surface area contributed by atoms with Gasteiger partial charge in [-0.3, -0.25) is 0 Å². The number of nitrogens with one attached hydrogen (secondary N) is 1. The number of fused-ring (bicyclic) bond motifs is 1. The summed E-state index contributed by atoms with van der Waals surface area (Å²) in [4.78, 5) is 11.6. The molecule has 2 aromatic rings. The highest BCUT2D eigenvalue weighted by atomic mass is 35.5. The van der Waals surface area contributed by atoms with Gasteiger partial charge in [0.05, 0.1) is 16.7 Å². The lowest BCUT2D eigenvalue weighted by molar-refractivity contribution is 0.00578. The van der Waals surface area contributed by atoms with Gasteiger partial charge < -0.3 is 19.5 Å². The molecule has 0 amide bonds. The molecule has 0 bridgehead atoms. The molecule has 0 radical (unpaired) electrons. The summed E-state index contributed by atoms with van der Waals surface area (Å²) >= 11 is 6.67. The normalized spacial score (nSPS) is 21.9. The first-order valence-electron chi connectivity index (χ1n) is 9.47. The lowest BCUT2D eigenvalue weighted by atomic mass is 9.78. The molecule has 27 heavy (non-hydrogen) atoms. The number of piperazine rings is 1. The quantitative estimate of drug-likeness (QED) is 0.797. The Morgan fingerprint density at radius 3 is 2.33 bits per heavy atom. The number of benzene rings is 1. The van der Waals surface area contributed by atoms with E-state index in [1.807, 2.05) is 46.8 Å². The summed E-state index contributed by atoms with van der Waals surface area (Å²) in [5, 5.41) is 4.96. The molecule has 2 saturated heterocycles. The van der Waals surface area contributed by atoms with Crippen LogP contribution < -0.4 is 15.7 Å². The minimum absolute atomic E-state index is 0.413. The van der Waals surface area contributed by atoms with Gasteiger partial charge in [0.2, 0.25) is 0 Å². The van der Waals surface area contributed by atoms with E-state index in [0.717, 1.165) is 54.2 Å². The highest BCUT2D eigenvalue weighted by molar-refractivity contribution is 6.66. The maximum Gasteiger partial charge on any atom is 0.496 e. The summed E-state index contributed by atoms with van der Waals surface area (Å²) < 4.78 is 12.4.